The highest BCUT2D eigenvalue weighted by Crippen LogP contribution is 2.24. The van der Waals surface area contributed by atoms with Crippen LogP contribution in [0.15, 0.2) is 42.5 Å². The number of anilines is 1. The highest BCUT2D eigenvalue weighted by molar-refractivity contribution is 6.33. The Morgan fingerprint density at radius 1 is 1.15 bits per heavy atom. The van der Waals surface area contributed by atoms with Crippen LogP contribution in [0, 0.1) is 13.8 Å². The van der Waals surface area contributed by atoms with Gasteiger partial charge in [0, 0.05) is 0 Å². The second kappa shape index (κ2) is 8.77. The topological polar surface area (TPSA) is 36.8 Å². The predicted octanol–water partition coefficient (Wildman–Crippen LogP) is 2.54. The van der Waals surface area contributed by atoms with E-state index in [1.54, 1.807) is 0 Å². The smallest absolute Gasteiger partial charge is 0.275 e. The molecule has 0 aromatic heterocycles. The van der Waals surface area contributed by atoms with E-state index in [9.17, 15) is 4.79 Å². The zero-order valence-electron chi connectivity index (χ0n) is 16.4. The monoisotopic (exact) mass is 386 g/mol. The van der Waals surface area contributed by atoms with Crippen LogP contribution in [-0.4, -0.2) is 38.6 Å². The van der Waals surface area contributed by atoms with Crippen LogP contribution in [0.1, 0.15) is 29.7 Å². The average molecular weight is 387 g/mol. The molecule has 2 aromatic carbocycles. The van der Waals surface area contributed by atoms with Crippen molar-refractivity contribution in [1.82, 2.24) is 5.32 Å². The van der Waals surface area contributed by atoms with E-state index in [-0.39, 0.29) is 11.9 Å². The summed E-state index contributed by atoms with van der Waals surface area (Å²) < 4.78 is 0. The predicted molar refractivity (Wildman–Crippen MR) is 112 cm³/mol. The van der Waals surface area contributed by atoms with Crippen molar-refractivity contribution in [1.29, 1.82) is 0 Å². The molecular weight excluding hydrogens is 358 g/mol. The first kappa shape index (κ1) is 19.7. The number of quaternary nitrogens is 1. The van der Waals surface area contributed by atoms with Crippen molar-refractivity contribution >= 4 is 23.2 Å². The number of rotatable bonds is 5. The zero-order chi connectivity index (χ0) is 19.4. The maximum absolute atomic E-state index is 12.5. The van der Waals surface area contributed by atoms with Gasteiger partial charge >= 0.3 is 0 Å². The molecule has 1 saturated heterocycles. The molecular formula is C22H29ClN3O+. The van der Waals surface area contributed by atoms with Crippen molar-refractivity contribution in [3.63, 3.8) is 0 Å². The summed E-state index contributed by atoms with van der Waals surface area (Å²) in [6, 6.07) is 14.4. The molecule has 0 aliphatic carbocycles. The minimum atomic E-state index is 0.0283. The molecule has 0 unspecified atom stereocenters. The number of piperazine rings is 1. The highest BCUT2D eigenvalue weighted by atomic mass is 35.5. The number of carbonyl (C=O) groups is 1. The lowest BCUT2D eigenvalue weighted by Crippen LogP contribution is -3.16. The van der Waals surface area contributed by atoms with Gasteiger partial charge in [-0.2, -0.15) is 0 Å². The summed E-state index contributed by atoms with van der Waals surface area (Å²) in [6.45, 7) is 10.5. The van der Waals surface area contributed by atoms with Gasteiger partial charge in [-0.25, -0.2) is 0 Å². The molecule has 4 nitrogen and oxygen atoms in total. The van der Waals surface area contributed by atoms with Crippen molar-refractivity contribution in [2.75, 3.05) is 37.6 Å². The summed E-state index contributed by atoms with van der Waals surface area (Å²) in [6.07, 6.45) is 0. The first-order chi connectivity index (χ1) is 12.9. The van der Waals surface area contributed by atoms with Gasteiger partial charge in [-0.3, -0.25) is 4.79 Å². The van der Waals surface area contributed by atoms with E-state index in [1.807, 2.05) is 25.1 Å². The van der Waals surface area contributed by atoms with Crippen molar-refractivity contribution in [3.05, 3.63) is 64.2 Å². The van der Waals surface area contributed by atoms with Crippen LogP contribution in [0.4, 0.5) is 5.69 Å². The fraction of sp³-hybridized carbons (Fsp3) is 0.409. The van der Waals surface area contributed by atoms with Gasteiger partial charge in [-0.15, -0.1) is 0 Å². The molecule has 2 N–H and O–H groups in total. The Kier molecular flexibility index (Phi) is 6.40. The quantitative estimate of drug-likeness (QED) is 0.828. The zero-order valence-corrected chi connectivity index (χ0v) is 17.1. The minimum absolute atomic E-state index is 0.0283. The minimum Gasteiger partial charge on any atom is -0.359 e. The van der Waals surface area contributed by atoms with Crippen LogP contribution in [-0.2, 0) is 4.79 Å². The largest absolute Gasteiger partial charge is 0.359 e. The number of nitrogens with zero attached hydrogens (tertiary/aromatic N) is 1. The number of amides is 1. The number of aryl methyl sites for hydroxylation is 2. The maximum atomic E-state index is 12.5. The molecule has 1 heterocycles. The van der Waals surface area contributed by atoms with Gasteiger partial charge in [0.15, 0.2) is 6.54 Å². The molecule has 1 fully saturated rings. The van der Waals surface area contributed by atoms with E-state index in [0.717, 1.165) is 42.5 Å². The molecule has 1 amide bonds. The summed E-state index contributed by atoms with van der Waals surface area (Å²) in [4.78, 5) is 16.1. The van der Waals surface area contributed by atoms with E-state index in [1.165, 1.54) is 16.0 Å². The number of benzene rings is 2. The molecule has 0 bridgehead atoms. The van der Waals surface area contributed by atoms with Gasteiger partial charge in [0.1, 0.15) is 0 Å². The van der Waals surface area contributed by atoms with Gasteiger partial charge in [0.05, 0.1) is 42.9 Å². The average Bonchev–Trinajstić information content (AvgIpc) is 2.65. The summed E-state index contributed by atoms with van der Waals surface area (Å²) in [7, 11) is 0. The number of nitrogens with one attached hydrogen (secondary N) is 2. The molecule has 0 spiro atoms. The van der Waals surface area contributed by atoms with Crippen molar-refractivity contribution in [2.45, 2.75) is 26.8 Å². The molecule has 27 heavy (non-hydrogen) atoms. The third kappa shape index (κ3) is 5.02. The highest BCUT2D eigenvalue weighted by Gasteiger charge is 2.24. The second-order valence-corrected chi connectivity index (χ2v) is 7.91. The fourth-order valence-electron chi connectivity index (χ4n) is 3.59. The van der Waals surface area contributed by atoms with Gasteiger partial charge in [0.25, 0.3) is 5.91 Å². The van der Waals surface area contributed by atoms with E-state index in [4.69, 9.17) is 11.6 Å². The Morgan fingerprint density at radius 3 is 2.52 bits per heavy atom. The number of carbonyl (C=O) groups excluding carboxylic acids is 1. The Hall–Kier alpha value is -2.04. The first-order valence-corrected chi connectivity index (χ1v) is 10.0. The van der Waals surface area contributed by atoms with Crippen LogP contribution in [0.25, 0.3) is 0 Å². The summed E-state index contributed by atoms with van der Waals surface area (Å²) >= 11 is 6.30. The van der Waals surface area contributed by atoms with Gasteiger partial charge < -0.3 is 15.1 Å². The van der Waals surface area contributed by atoms with Crippen LogP contribution in [0.2, 0.25) is 5.02 Å². The van der Waals surface area contributed by atoms with Gasteiger partial charge in [-0.05, 0) is 49.6 Å². The summed E-state index contributed by atoms with van der Waals surface area (Å²) in [5, 5.41) is 3.94. The maximum Gasteiger partial charge on any atom is 0.275 e. The Morgan fingerprint density at radius 2 is 1.85 bits per heavy atom. The molecule has 1 atom stereocenters. The Balaban J connectivity index is 1.49. The molecule has 3 rings (SSSR count). The third-order valence-corrected chi connectivity index (χ3v) is 5.80. The summed E-state index contributed by atoms with van der Waals surface area (Å²) in [5.41, 5.74) is 4.78. The fourth-order valence-corrected chi connectivity index (χ4v) is 3.84. The number of hydrogen-bond acceptors (Lipinski definition) is 2. The van der Waals surface area contributed by atoms with Crippen molar-refractivity contribution < 1.29 is 9.69 Å². The van der Waals surface area contributed by atoms with Gasteiger partial charge in [-0.1, -0.05) is 41.9 Å². The van der Waals surface area contributed by atoms with Crippen molar-refractivity contribution in [2.24, 2.45) is 0 Å². The third-order valence-electron chi connectivity index (χ3n) is 5.48. The van der Waals surface area contributed by atoms with Crippen LogP contribution < -0.4 is 15.1 Å². The van der Waals surface area contributed by atoms with Crippen molar-refractivity contribution in [3.8, 4) is 0 Å². The van der Waals surface area contributed by atoms with E-state index in [2.05, 4.69) is 48.3 Å². The molecule has 0 saturated carbocycles. The van der Waals surface area contributed by atoms with Crippen LogP contribution in [0.5, 0.6) is 0 Å². The lowest BCUT2D eigenvalue weighted by Gasteiger charge is -2.34. The lowest BCUT2D eigenvalue weighted by atomic mass is 10.0. The lowest BCUT2D eigenvalue weighted by molar-refractivity contribution is -0.892. The standard InChI is InChI=1S/C22H28ClN3O/c1-16-8-9-19(14-17(16)2)18(3)24-22(27)15-25-10-12-26(13-11-25)21-7-5-4-6-20(21)23/h4-9,14,18H,10-13,15H2,1-3H3,(H,24,27)/p+1/t18-/m0/s1. The van der Waals surface area contributed by atoms with Crippen LogP contribution >= 0.6 is 11.6 Å². The SMILES string of the molecule is Cc1ccc([C@H](C)NC(=O)C[NH+]2CCN(c3ccccc3Cl)CC2)cc1C. The number of hydrogen-bond donors (Lipinski definition) is 2. The molecule has 0 radical (unpaired) electrons. The van der Waals surface area contributed by atoms with Gasteiger partial charge in [0.2, 0.25) is 0 Å². The molecule has 5 heteroatoms. The van der Waals surface area contributed by atoms with E-state index in [0.29, 0.717) is 6.54 Å². The first-order valence-electron chi connectivity index (χ1n) is 9.63. The molecule has 2 aromatic rings. The second-order valence-electron chi connectivity index (χ2n) is 7.50. The molecule has 1 aliphatic rings. The van der Waals surface area contributed by atoms with E-state index >= 15 is 0 Å². The number of para-hydroxylation sites is 1. The molecule has 144 valence electrons. The summed E-state index contributed by atoms with van der Waals surface area (Å²) in [5.74, 6) is 0.113. The normalized spacial score (nSPS) is 16.2. The molecule has 1 aliphatic heterocycles. The van der Waals surface area contributed by atoms with E-state index < -0.39 is 0 Å². The Labute approximate surface area is 167 Å². The number of halogens is 1. The Bertz CT molecular complexity index is 800. The van der Waals surface area contributed by atoms with Crippen LogP contribution in [0.3, 0.4) is 0 Å².